The van der Waals surface area contributed by atoms with Gasteiger partial charge in [-0.15, -0.1) is 0 Å². The van der Waals surface area contributed by atoms with Gasteiger partial charge < -0.3 is 10.1 Å². The van der Waals surface area contributed by atoms with Gasteiger partial charge in [-0.05, 0) is 61.4 Å². The zero-order valence-corrected chi connectivity index (χ0v) is 15.6. The Hall–Kier alpha value is -3.34. The van der Waals surface area contributed by atoms with Crippen LogP contribution in [0.5, 0.6) is 5.75 Å². The van der Waals surface area contributed by atoms with Crippen molar-refractivity contribution in [2.24, 2.45) is 0 Å². The van der Waals surface area contributed by atoms with Gasteiger partial charge in [-0.25, -0.2) is 0 Å². The Kier molecular flexibility index (Phi) is 4.28. The minimum atomic E-state index is -0.387. The summed E-state index contributed by atoms with van der Waals surface area (Å²) in [6.07, 6.45) is 1.33. The molecule has 1 aliphatic heterocycles. The average Bonchev–Trinajstić information content (AvgIpc) is 2.93. The summed E-state index contributed by atoms with van der Waals surface area (Å²) in [6.45, 7) is 4.12. The van der Waals surface area contributed by atoms with Crippen LogP contribution in [0, 0.1) is 13.8 Å². The topological polar surface area (TPSA) is 54.5 Å². The van der Waals surface area contributed by atoms with E-state index in [4.69, 9.17) is 4.74 Å². The predicted octanol–water partition coefficient (Wildman–Crippen LogP) is 4.48. The van der Waals surface area contributed by atoms with Gasteiger partial charge in [-0.3, -0.25) is 14.7 Å². The summed E-state index contributed by atoms with van der Waals surface area (Å²) < 4.78 is 5.34. The van der Waals surface area contributed by atoms with Gasteiger partial charge in [0.25, 0.3) is 5.91 Å². The number of nitrogens with one attached hydrogen (secondary N) is 1. The van der Waals surface area contributed by atoms with Crippen LogP contribution >= 0.6 is 0 Å². The number of anilines is 2. The van der Waals surface area contributed by atoms with Crippen molar-refractivity contribution in [3.63, 3.8) is 0 Å². The average molecular weight is 359 g/mol. The molecule has 1 amide bonds. The highest BCUT2D eigenvalue weighted by Gasteiger charge is 2.39. The lowest BCUT2D eigenvalue weighted by Crippen LogP contribution is -2.32. The van der Waals surface area contributed by atoms with E-state index in [0.29, 0.717) is 11.3 Å². The van der Waals surface area contributed by atoms with Crippen LogP contribution in [0.2, 0.25) is 0 Å². The fourth-order valence-corrected chi connectivity index (χ4v) is 3.56. The molecule has 1 unspecified atom stereocenters. The van der Waals surface area contributed by atoms with Gasteiger partial charge in [-0.2, -0.15) is 0 Å². The third kappa shape index (κ3) is 3.12. The maximum Gasteiger partial charge on any atom is 0.262 e. The molecule has 0 spiro atoms. The van der Waals surface area contributed by atoms with Crippen molar-refractivity contribution in [3.05, 3.63) is 83.2 Å². The van der Waals surface area contributed by atoms with E-state index in [1.54, 1.807) is 24.3 Å². The molecule has 5 heteroatoms. The van der Waals surface area contributed by atoms with Gasteiger partial charge in [0.05, 0.1) is 24.1 Å². The second-order valence-electron chi connectivity index (χ2n) is 6.74. The second-order valence-corrected chi connectivity index (χ2v) is 6.74. The van der Waals surface area contributed by atoms with Crippen molar-refractivity contribution in [2.75, 3.05) is 17.3 Å². The monoisotopic (exact) mass is 359 g/mol. The Morgan fingerprint density at radius 1 is 1.04 bits per heavy atom. The number of rotatable bonds is 4. The number of methoxy groups -OCH3 is 1. The molecular weight excluding hydrogens is 338 g/mol. The van der Waals surface area contributed by atoms with E-state index < -0.39 is 0 Å². The van der Waals surface area contributed by atoms with Crippen LogP contribution in [-0.4, -0.2) is 18.0 Å². The normalized spacial score (nSPS) is 15.6. The van der Waals surface area contributed by atoms with E-state index in [9.17, 15) is 4.79 Å². The summed E-state index contributed by atoms with van der Waals surface area (Å²) in [5.41, 5.74) is 5.38. The Morgan fingerprint density at radius 3 is 2.56 bits per heavy atom. The molecular formula is C22H21N3O2. The second kappa shape index (κ2) is 6.76. The molecule has 1 atom stereocenters. The van der Waals surface area contributed by atoms with Crippen molar-refractivity contribution in [3.8, 4) is 5.75 Å². The van der Waals surface area contributed by atoms with Crippen molar-refractivity contribution < 1.29 is 9.53 Å². The molecule has 0 saturated heterocycles. The van der Waals surface area contributed by atoms with Gasteiger partial charge in [0.15, 0.2) is 6.17 Å². The molecule has 5 nitrogen and oxygen atoms in total. The van der Waals surface area contributed by atoms with Gasteiger partial charge >= 0.3 is 0 Å². The first-order chi connectivity index (χ1) is 13.1. The number of aryl methyl sites for hydroxylation is 2. The third-order valence-corrected chi connectivity index (χ3v) is 4.66. The van der Waals surface area contributed by atoms with Crippen molar-refractivity contribution in [1.82, 2.24) is 4.98 Å². The van der Waals surface area contributed by atoms with E-state index in [1.807, 2.05) is 30.3 Å². The molecule has 1 aromatic heterocycles. The highest BCUT2D eigenvalue weighted by molar-refractivity contribution is 6.11. The fraction of sp³-hybridized carbons (Fsp3) is 0.182. The smallest absolute Gasteiger partial charge is 0.262 e. The van der Waals surface area contributed by atoms with Crippen LogP contribution in [0.15, 0.2) is 60.8 Å². The first-order valence-corrected chi connectivity index (χ1v) is 8.84. The van der Waals surface area contributed by atoms with Crippen LogP contribution in [-0.2, 0) is 0 Å². The molecule has 2 heterocycles. The number of amides is 1. The van der Waals surface area contributed by atoms with E-state index >= 15 is 0 Å². The number of nitrogens with zero attached hydrogens (tertiary/aromatic N) is 2. The first kappa shape index (κ1) is 17.1. The molecule has 3 aromatic rings. The molecule has 1 N–H and O–H groups in total. The maximum atomic E-state index is 13.1. The zero-order chi connectivity index (χ0) is 19.0. The summed E-state index contributed by atoms with van der Waals surface area (Å²) in [6, 6.07) is 17.4. The summed E-state index contributed by atoms with van der Waals surface area (Å²) in [5, 5.41) is 3.50. The Balaban J connectivity index is 1.80. The number of carbonyl (C=O) groups is 1. The van der Waals surface area contributed by atoms with Crippen molar-refractivity contribution in [1.29, 1.82) is 0 Å². The first-order valence-electron chi connectivity index (χ1n) is 8.84. The Labute approximate surface area is 158 Å². The van der Waals surface area contributed by atoms with Crippen LogP contribution in [0.1, 0.15) is 33.3 Å². The number of pyridine rings is 1. The lowest BCUT2D eigenvalue weighted by Gasteiger charge is -2.27. The molecule has 0 fully saturated rings. The number of aromatic nitrogens is 1. The number of fused-ring (bicyclic) bond motifs is 1. The van der Waals surface area contributed by atoms with Gasteiger partial charge in [0.1, 0.15) is 5.75 Å². The van der Waals surface area contributed by atoms with Crippen LogP contribution in [0.3, 0.4) is 0 Å². The third-order valence-electron chi connectivity index (χ3n) is 4.66. The summed E-state index contributed by atoms with van der Waals surface area (Å²) in [7, 11) is 1.62. The molecule has 0 aliphatic carbocycles. The zero-order valence-electron chi connectivity index (χ0n) is 15.6. The Bertz CT molecular complexity index is 996. The lowest BCUT2D eigenvalue weighted by molar-refractivity contribution is 0.0993. The molecule has 1 aliphatic rings. The van der Waals surface area contributed by atoms with E-state index in [0.717, 1.165) is 28.2 Å². The number of benzene rings is 2. The quantitative estimate of drug-likeness (QED) is 0.746. The van der Waals surface area contributed by atoms with Gasteiger partial charge in [0.2, 0.25) is 0 Å². The van der Waals surface area contributed by atoms with E-state index in [2.05, 4.69) is 42.3 Å². The molecule has 0 saturated carbocycles. The summed E-state index contributed by atoms with van der Waals surface area (Å²) >= 11 is 0. The SMILES string of the molecule is COc1cccc(N2C(=O)c3cccnc3C2Nc2cc(C)cc(C)c2)c1. The number of ether oxygens (including phenoxy) is 1. The van der Waals surface area contributed by atoms with Gasteiger partial charge in [-0.1, -0.05) is 12.1 Å². The molecule has 27 heavy (non-hydrogen) atoms. The molecule has 2 aromatic carbocycles. The van der Waals surface area contributed by atoms with Gasteiger partial charge in [0, 0.05) is 18.0 Å². The molecule has 136 valence electrons. The molecule has 4 rings (SSSR count). The predicted molar refractivity (Wildman–Crippen MR) is 106 cm³/mol. The summed E-state index contributed by atoms with van der Waals surface area (Å²) in [4.78, 5) is 19.4. The van der Waals surface area contributed by atoms with E-state index in [-0.39, 0.29) is 12.1 Å². The van der Waals surface area contributed by atoms with Crippen LogP contribution < -0.4 is 15.0 Å². The minimum absolute atomic E-state index is 0.0757. The lowest BCUT2D eigenvalue weighted by atomic mass is 10.1. The number of hydrogen-bond donors (Lipinski definition) is 1. The number of hydrogen-bond acceptors (Lipinski definition) is 4. The Morgan fingerprint density at radius 2 is 1.81 bits per heavy atom. The largest absolute Gasteiger partial charge is 0.497 e. The highest BCUT2D eigenvalue weighted by atomic mass is 16.5. The van der Waals surface area contributed by atoms with Crippen LogP contribution in [0.4, 0.5) is 11.4 Å². The van der Waals surface area contributed by atoms with Crippen molar-refractivity contribution >= 4 is 17.3 Å². The minimum Gasteiger partial charge on any atom is -0.497 e. The molecule has 0 radical (unpaired) electrons. The fourth-order valence-electron chi connectivity index (χ4n) is 3.56. The maximum absolute atomic E-state index is 13.1. The van der Waals surface area contributed by atoms with Crippen LogP contribution in [0.25, 0.3) is 0 Å². The standard InChI is InChI=1S/C22H21N3O2/c1-14-10-15(2)12-16(11-14)24-21-20-19(8-5-9-23-20)22(26)25(21)17-6-4-7-18(13-17)27-3/h4-13,21,24H,1-3H3. The summed E-state index contributed by atoms with van der Waals surface area (Å²) in [5.74, 6) is 0.627. The number of carbonyl (C=O) groups excluding carboxylic acids is 1. The highest BCUT2D eigenvalue weighted by Crippen LogP contribution is 2.38. The molecule has 0 bridgehead atoms. The van der Waals surface area contributed by atoms with E-state index in [1.165, 1.54) is 0 Å². The van der Waals surface area contributed by atoms with Crippen molar-refractivity contribution in [2.45, 2.75) is 20.0 Å².